The molecule has 6 nitrogen and oxygen atoms in total. The van der Waals surface area contributed by atoms with E-state index in [4.69, 9.17) is 0 Å². The maximum atomic E-state index is 12.4. The van der Waals surface area contributed by atoms with Crippen molar-refractivity contribution in [3.8, 4) is 10.6 Å². The molecule has 132 valence electrons. The maximum Gasteiger partial charge on any atom is 0.261 e. The first-order valence-electron chi connectivity index (χ1n) is 8.50. The van der Waals surface area contributed by atoms with Gasteiger partial charge >= 0.3 is 0 Å². The summed E-state index contributed by atoms with van der Waals surface area (Å²) in [6, 6.07) is 10.8. The van der Waals surface area contributed by atoms with Crippen LogP contribution >= 0.6 is 11.3 Å². The number of thiophene rings is 1. The van der Waals surface area contributed by atoms with Gasteiger partial charge in [-0.25, -0.2) is 4.98 Å². The Hall–Kier alpha value is -2.93. The number of anilines is 2. The van der Waals surface area contributed by atoms with Gasteiger partial charge in [0.05, 0.1) is 22.5 Å². The van der Waals surface area contributed by atoms with E-state index in [0.717, 1.165) is 23.8 Å². The molecule has 4 heterocycles. The number of pyridine rings is 2. The van der Waals surface area contributed by atoms with Crippen molar-refractivity contribution in [2.24, 2.45) is 0 Å². The van der Waals surface area contributed by atoms with Crippen LogP contribution < -0.4 is 15.8 Å². The fourth-order valence-electron chi connectivity index (χ4n) is 3.02. The molecule has 0 aliphatic carbocycles. The Kier molecular flexibility index (Phi) is 4.53. The van der Waals surface area contributed by atoms with Crippen molar-refractivity contribution in [1.82, 2.24) is 9.97 Å². The topological polar surface area (TPSA) is 78.1 Å². The number of aromatic nitrogens is 2. The van der Waals surface area contributed by atoms with Crippen molar-refractivity contribution < 1.29 is 4.79 Å². The van der Waals surface area contributed by atoms with Gasteiger partial charge in [-0.05, 0) is 48.6 Å². The lowest BCUT2D eigenvalue weighted by atomic mass is 10.2. The molecule has 0 bridgehead atoms. The zero-order chi connectivity index (χ0) is 17.9. The molecule has 1 amide bonds. The number of rotatable bonds is 4. The zero-order valence-corrected chi connectivity index (χ0v) is 14.9. The Morgan fingerprint density at radius 3 is 2.65 bits per heavy atom. The summed E-state index contributed by atoms with van der Waals surface area (Å²) in [7, 11) is 0. The third-order valence-corrected chi connectivity index (χ3v) is 5.28. The number of carbonyl (C=O) groups excluding carboxylic acids is 1. The summed E-state index contributed by atoms with van der Waals surface area (Å²) in [6.45, 7) is 2.04. The molecule has 4 rings (SSSR count). The Morgan fingerprint density at radius 2 is 2.00 bits per heavy atom. The molecule has 0 unspecified atom stereocenters. The van der Waals surface area contributed by atoms with Crippen LogP contribution in [0.5, 0.6) is 0 Å². The van der Waals surface area contributed by atoms with Crippen LogP contribution in [0.2, 0.25) is 0 Å². The Bertz CT molecular complexity index is 958. The van der Waals surface area contributed by atoms with Crippen molar-refractivity contribution in [3.63, 3.8) is 0 Å². The predicted octanol–water partition coefficient (Wildman–Crippen LogP) is 3.35. The highest BCUT2D eigenvalue weighted by molar-refractivity contribution is 7.13. The molecule has 0 radical (unpaired) electrons. The average molecular weight is 366 g/mol. The normalized spacial score (nSPS) is 13.8. The van der Waals surface area contributed by atoms with Crippen LogP contribution in [0.25, 0.3) is 10.6 Å². The number of nitrogens with one attached hydrogen (secondary N) is 2. The first-order chi connectivity index (χ1) is 12.7. The molecule has 1 aliphatic rings. The number of hydrogen-bond donors (Lipinski definition) is 2. The van der Waals surface area contributed by atoms with Crippen molar-refractivity contribution in [3.05, 3.63) is 63.9 Å². The highest BCUT2D eigenvalue weighted by Crippen LogP contribution is 2.22. The SMILES string of the molecule is O=C(Nc1ccc(N2CCCC2)nc1)c1ccc(-c2cccs2)[nH]c1=O. The lowest BCUT2D eigenvalue weighted by Crippen LogP contribution is -2.23. The number of aromatic amines is 1. The van der Waals surface area contributed by atoms with Crippen molar-refractivity contribution >= 4 is 28.7 Å². The first-order valence-corrected chi connectivity index (χ1v) is 9.38. The van der Waals surface area contributed by atoms with E-state index in [9.17, 15) is 9.59 Å². The van der Waals surface area contributed by atoms with Gasteiger partial charge in [-0.3, -0.25) is 9.59 Å². The largest absolute Gasteiger partial charge is 0.357 e. The molecule has 2 N–H and O–H groups in total. The quantitative estimate of drug-likeness (QED) is 0.742. The molecule has 3 aromatic heterocycles. The van der Waals surface area contributed by atoms with Crippen LogP contribution in [0.15, 0.2) is 52.8 Å². The van der Waals surface area contributed by atoms with E-state index >= 15 is 0 Å². The molecule has 7 heteroatoms. The standard InChI is InChI=1S/C19H18N4O2S/c24-18(14-6-7-15(22-19(14)25)16-4-3-11-26-16)21-13-5-8-17(20-12-13)23-9-1-2-10-23/h3-8,11-12H,1-2,9-10H2,(H,21,24)(H,22,25). The number of carbonyl (C=O) groups is 1. The first kappa shape index (κ1) is 16.5. The van der Waals surface area contributed by atoms with Gasteiger partial charge in [-0.15, -0.1) is 11.3 Å². The van der Waals surface area contributed by atoms with Crippen LogP contribution in [-0.4, -0.2) is 29.0 Å². The summed E-state index contributed by atoms with van der Waals surface area (Å²) in [5.41, 5.74) is 0.946. The highest BCUT2D eigenvalue weighted by atomic mass is 32.1. The van der Waals surface area contributed by atoms with Crippen LogP contribution in [0.1, 0.15) is 23.2 Å². The summed E-state index contributed by atoms with van der Waals surface area (Å²) >= 11 is 1.53. The molecule has 0 aromatic carbocycles. The number of H-pyrrole nitrogens is 1. The van der Waals surface area contributed by atoms with E-state index in [0.29, 0.717) is 11.4 Å². The summed E-state index contributed by atoms with van der Waals surface area (Å²) in [5.74, 6) is 0.471. The lowest BCUT2D eigenvalue weighted by Gasteiger charge is -2.16. The van der Waals surface area contributed by atoms with Crippen molar-refractivity contribution in [2.75, 3.05) is 23.3 Å². The number of amides is 1. The van der Waals surface area contributed by atoms with E-state index in [2.05, 4.69) is 20.2 Å². The van der Waals surface area contributed by atoms with Gasteiger partial charge in [0.2, 0.25) is 0 Å². The van der Waals surface area contributed by atoms with E-state index in [1.807, 2.05) is 29.6 Å². The molecular formula is C19H18N4O2S. The Morgan fingerprint density at radius 1 is 1.15 bits per heavy atom. The molecule has 26 heavy (non-hydrogen) atoms. The monoisotopic (exact) mass is 366 g/mol. The van der Waals surface area contributed by atoms with Gasteiger partial charge in [0.15, 0.2) is 0 Å². The summed E-state index contributed by atoms with van der Waals surface area (Å²) < 4.78 is 0. The van der Waals surface area contributed by atoms with E-state index < -0.39 is 11.5 Å². The smallest absolute Gasteiger partial charge is 0.261 e. The zero-order valence-electron chi connectivity index (χ0n) is 14.1. The van der Waals surface area contributed by atoms with Gasteiger partial charge in [-0.2, -0.15) is 0 Å². The van der Waals surface area contributed by atoms with Crippen LogP contribution in [0, 0.1) is 0 Å². The minimum absolute atomic E-state index is 0.0777. The molecule has 1 aliphatic heterocycles. The van der Waals surface area contributed by atoms with Gasteiger partial charge in [0.25, 0.3) is 11.5 Å². The molecule has 1 fully saturated rings. The average Bonchev–Trinajstić information content (AvgIpc) is 3.36. The second-order valence-corrected chi connectivity index (χ2v) is 7.09. The maximum absolute atomic E-state index is 12.4. The van der Waals surface area contributed by atoms with Crippen LogP contribution in [0.4, 0.5) is 11.5 Å². The molecule has 3 aromatic rings. The third kappa shape index (κ3) is 3.39. The molecule has 1 saturated heterocycles. The third-order valence-electron chi connectivity index (χ3n) is 4.38. The molecule has 0 spiro atoms. The minimum Gasteiger partial charge on any atom is -0.357 e. The molecule has 0 atom stereocenters. The van der Waals surface area contributed by atoms with Gasteiger partial charge in [0.1, 0.15) is 11.4 Å². The van der Waals surface area contributed by atoms with E-state index in [-0.39, 0.29) is 5.56 Å². The van der Waals surface area contributed by atoms with Crippen LogP contribution in [-0.2, 0) is 0 Å². The summed E-state index contributed by atoms with van der Waals surface area (Å²) in [5, 5.41) is 4.67. The Labute approximate surface area is 154 Å². The minimum atomic E-state index is -0.445. The predicted molar refractivity (Wildman–Crippen MR) is 104 cm³/mol. The van der Waals surface area contributed by atoms with E-state index in [1.165, 1.54) is 24.2 Å². The van der Waals surface area contributed by atoms with Gasteiger partial charge in [0, 0.05) is 13.1 Å². The molecular weight excluding hydrogens is 348 g/mol. The van der Waals surface area contributed by atoms with Crippen molar-refractivity contribution in [2.45, 2.75) is 12.8 Å². The lowest BCUT2D eigenvalue weighted by molar-refractivity contribution is 0.102. The summed E-state index contributed by atoms with van der Waals surface area (Å²) in [6.07, 6.45) is 3.99. The van der Waals surface area contributed by atoms with Gasteiger partial charge in [-0.1, -0.05) is 6.07 Å². The number of nitrogens with zero attached hydrogens (tertiary/aromatic N) is 2. The summed E-state index contributed by atoms with van der Waals surface area (Å²) in [4.78, 5) is 35.0. The fraction of sp³-hybridized carbons (Fsp3) is 0.211. The number of hydrogen-bond acceptors (Lipinski definition) is 5. The highest BCUT2D eigenvalue weighted by Gasteiger charge is 2.15. The second kappa shape index (κ2) is 7.13. The van der Waals surface area contributed by atoms with Gasteiger partial charge < -0.3 is 15.2 Å². The second-order valence-electron chi connectivity index (χ2n) is 6.15. The van der Waals surface area contributed by atoms with E-state index in [1.54, 1.807) is 18.3 Å². The van der Waals surface area contributed by atoms with Crippen LogP contribution in [0.3, 0.4) is 0 Å². The van der Waals surface area contributed by atoms with Crippen molar-refractivity contribution in [1.29, 1.82) is 0 Å². The Balaban J connectivity index is 1.48. The fourth-order valence-corrected chi connectivity index (χ4v) is 3.73. The molecule has 0 saturated carbocycles.